The first kappa shape index (κ1) is 22.5. The number of hydrogen-bond acceptors (Lipinski definition) is 9. The third-order valence-corrected chi connectivity index (χ3v) is 4.41. The number of nitrogens with one attached hydrogen (secondary N) is 2. The number of carbonyl (C=O) groups is 3. The van der Waals surface area contributed by atoms with Gasteiger partial charge in [-0.3, -0.25) is 20.4 Å². The lowest BCUT2D eigenvalue weighted by Crippen LogP contribution is -2.43. The molecule has 2 N–H and O–H groups in total. The van der Waals surface area contributed by atoms with Gasteiger partial charge in [0, 0.05) is 11.8 Å². The van der Waals surface area contributed by atoms with E-state index in [1.165, 1.54) is 43.4 Å². The van der Waals surface area contributed by atoms with Gasteiger partial charge in [0.2, 0.25) is 0 Å². The number of methoxy groups -OCH3 is 2. The lowest BCUT2D eigenvalue weighted by atomic mass is 10.1. The first-order valence-corrected chi connectivity index (χ1v) is 9.52. The average molecular weight is 442 g/mol. The minimum absolute atomic E-state index is 0.0839. The fourth-order valence-corrected chi connectivity index (χ4v) is 2.93. The molecule has 168 valence electrons. The van der Waals surface area contributed by atoms with E-state index in [4.69, 9.17) is 14.2 Å². The second-order valence-corrected chi connectivity index (χ2v) is 6.83. The van der Waals surface area contributed by atoms with E-state index in [-0.39, 0.29) is 17.0 Å². The number of esters is 1. The minimum atomic E-state index is -0.750. The molecule has 0 saturated carbocycles. The Morgan fingerprint density at radius 1 is 1.06 bits per heavy atom. The van der Waals surface area contributed by atoms with Crippen LogP contribution in [0.3, 0.4) is 0 Å². The first-order chi connectivity index (χ1) is 15.3. The maximum atomic E-state index is 12.5. The molecule has 0 atom stereocenters. The second-order valence-electron chi connectivity index (χ2n) is 6.83. The molecule has 0 fully saturated rings. The fourth-order valence-electron chi connectivity index (χ4n) is 2.93. The lowest BCUT2D eigenvalue weighted by Gasteiger charge is -2.13. The molecule has 0 spiro atoms. The summed E-state index contributed by atoms with van der Waals surface area (Å²) >= 11 is 0. The summed E-state index contributed by atoms with van der Waals surface area (Å²) in [5.41, 5.74) is 5.38. The Balaban J connectivity index is 1.58. The van der Waals surface area contributed by atoms with Gasteiger partial charge in [-0.1, -0.05) is 13.8 Å². The molecule has 32 heavy (non-hydrogen) atoms. The largest absolute Gasteiger partial charge is 0.493 e. The quantitative estimate of drug-likeness (QED) is 0.402. The molecular weight excluding hydrogens is 420 g/mol. The molecule has 0 bridgehead atoms. The summed E-state index contributed by atoms with van der Waals surface area (Å²) in [4.78, 5) is 44.8. The molecule has 0 radical (unpaired) electrons. The van der Waals surface area contributed by atoms with Gasteiger partial charge >= 0.3 is 5.97 Å². The molecule has 2 heterocycles. The van der Waals surface area contributed by atoms with Gasteiger partial charge in [0.15, 0.2) is 18.1 Å². The number of amides is 2. The van der Waals surface area contributed by atoms with Gasteiger partial charge in [-0.2, -0.15) is 10.1 Å². The van der Waals surface area contributed by atoms with E-state index in [1.54, 1.807) is 6.07 Å². The van der Waals surface area contributed by atoms with Crippen LogP contribution < -0.4 is 20.3 Å². The van der Waals surface area contributed by atoms with Crippen LogP contribution >= 0.6 is 0 Å². The van der Waals surface area contributed by atoms with Crippen LogP contribution in [0.25, 0.3) is 5.78 Å². The molecule has 12 nitrogen and oxygen atoms in total. The van der Waals surface area contributed by atoms with Crippen molar-refractivity contribution in [3.63, 3.8) is 0 Å². The Morgan fingerprint density at radius 2 is 1.81 bits per heavy atom. The molecule has 0 unspecified atom stereocenters. The second kappa shape index (κ2) is 9.73. The molecule has 2 aromatic heterocycles. The molecular formula is C20H22N6O6. The number of rotatable bonds is 7. The molecule has 3 aromatic rings. The van der Waals surface area contributed by atoms with E-state index >= 15 is 0 Å². The first-order valence-electron chi connectivity index (χ1n) is 9.52. The predicted octanol–water partition coefficient (Wildman–Crippen LogP) is 0.883. The highest BCUT2D eigenvalue weighted by Crippen LogP contribution is 2.27. The van der Waals surface area contributed by atoms with Crippen LogP contribution in [0.1, 0.15) is 46.2 Å². The van der Waals surface area contributed by atoms with Gasteiger partial charge in [-0.25, -0.2) is 14.3 Å². The van der Waals surface area contributed by atoms with E-state index in [0.29, 0.717) is 23.0 Å². The number of carbonyl (C=O) groups excluding carboxylic acids is 3. The lowest BCUT2D eigenvalue weighted by molar-refractivity contribution is -0.125. The number of benzene rings is 1. The number of hydrogen-bond donors (Lipinski definition) is 2. The van der Waals surface area contributed by atoms with Crippen LogP contribution in [0.5, 0.6) is 11.5 Å². The molecule has 1 aromatic carbocycles. The van der Waals surface area contributed by atoms with Crippen molar-refractivity contribution in [3.8, 4) is 11.5 Å². The van der Waals surface area contributed by atoms with Crippen molar-refractivity contribution in [2.45, 2.75) is 19.8 Å². The van der Waals surface area contributed by atoms with Crippen LogP contribution in [0.2, 0.25) is 0 Å². The summed E-state index contributed by atoms with van der Waals surface area (Å²) in [6, 6.07) is 4.52. The zero-order valence-corrected chi connectivity index (χ0v) is 17.9. The molecule has 0 saturated heterocycles. The average Bonchev–Trinajstić information content (AvgIpc) is 3.28. The van der Waals surface area contributed by atoms with Crippen LogP contribution in [0.4, 0.5) is 0 Å². The zero-order valence-electron chi connectivity index (χ0n) is 17.9. The van der Waals surface area contributed by atoms with Crippen molar-refractivity contribution in [1.29, 1.82) is 0 Å². The van der Waals surface area contributed by atoms with Crippen molar-refractivity contribution in [2.75, 3.05) is 20.8 Å². The van der Waals surface area contributed by atoms with Crippen molar-refractivity contribution in [1.82, 2.24) is 30.4 Å². The minimum Gasteiger partial charge on any atom is -0.493 e. The molecule has 0 aliphatic rings. The number of fused-ring (bicyclic) bond motifs is 1. The third kappa shape index (κ3) is 4.74. The molecule has 12 heteroatoms. The SMILES string of the molecule is COc1ccc(C(=O)NNC(=O)COC(=O)c2cnc3ncnn3c2C(C)C)cc1OC. The van der Waals surface area contributed by atoms with Crippen LogP contribution in [0, 0.1) is 0 Å². The maximum absolute atomic E-state index is 12.5. The monoisotopic (exact) mass is 442 g/mol. The third-order valence-electron chi connectivity index (χ3n) is 4.41. The van der Waals surface area contributed by atoms with Crippen LogP contribution in [-0.2, 0) is 9.53 Å². The van der Waals surface area contributed by atoms with E-state index in [1.807, 2.05) is 13.8 Å². The molecule has 0 aliphatic heterocycles. The van der Waals surface area contributed by atoms with Gasteiger partial charge in [0.25, 0.3) is 17.6 Å². The van der Waals surface area contributed by atoms with E-state index in [9.17, 15) is 14.4 Å². The van der Waals surface area contributed by atoms with Crippen LogP contribution in [0.15, 0.2) is 30.7 Å². The summed E-state index contributed by atoms with van der Waals surface area (Å²) in [6.45, 7) is 3.14. The van der Waals surface area contributed by atoms with E-state index in [0.717, 1.165) is 0 Å². The van der Waals surface area contributed by atoms with E-state index in [2.05, 4.69) is 25.9 Å². The summed E-state index contributed by atoms with van der Waals surface area (Å²) < 4.78 is 16.8. The van der Waals surface area contributed by atoms with Crippen molar-refractivity contribution >= 4 is 23.6 Å². The summed E-state index contributed by atoms with van der Waals surface area (Å²) in [7, 11) is 2.92. The molecule has 2 amide bonds. The summed E-state index contributed by atoms with van der Waals surface area (Å²) in [6.07, 6.45) is 2.66. The van der Waals surface area contributed by atoms with Gasteiger partial charge in [-0.05, 0) is 24.1 Å². The topological polar surface area (TPSA) is 146 Å². The van der Waals surface area contributed by atoms with Gasteiger partial charge < -0.3 is 14.2 Å². The van der Waals surface area contributed by atoms with Gasteiger partial charge in [0.1, 0.15) is 6.33 Å². The van der Waals surface area contributed by atoms with E-state index < -0.39 is 24.4 Å². The summed E-state index contributed by atoms with van der Waals surface area (Å²) in [5, 5.41) is 4.07. The zero-order chi connectivity index (χ0) is 23.3. The Labute approximate surface area is 182 Å². The van der Waals surface area contributed by atoms with Crippen molar-refractivity contribution < 1.29 is 28.6 Å². The maximum Gasteiger partial charge on any atom is 0.342 e. The van der Waals surface area contributed by atoms with Crippen molar-refractivity contribution in [3.05, 3.63) is 47.5 Å². The molecule has 3 rings (SSSR count). The number of ether oxygens (including phenoxy) is 3. The number of aromatic nitrogens is 4. The van der Waals surface area contributed by atoms with Crippen molar-refractivity contribution in [2.24, 2.45) is 0 Å². The standard InChI is InChI=1S/C20H22N6O6/c1-11(2)17-13(8-21-20-22-10-23-26(17)20)19(29)32-9-16(27)24-25-18(28)12-5-6-14(30-3)15(7-12)31-4/h5-8,10-11H,9H2,1-4H3,(H,24,27)(H,25,28). The normalized spacial score (nSPS) is 10.7. The van der Waals surface area contributed by atoms with Gasteiger partial charge in [-0.15, -0.1) is 0 Å². The summed E-state index contributed by atoms with van der Waals surface area (Å²) in [5.74, 6) is -0.986. The molecule has 0 aliphatic carbocycles. The highest BCUT2D eigenvalue weighted by molar-refractivity contribution is 5.96. The Bertz CT molecular complexity index is 1160. The Kier molecular flexibility index (Phi) is 6.83. The fraction of sp³-hybridized carbons (Fsp3) is 0.300. The van der Waals surface area contributed by atoms with Crippen LogP contribution in [-0.4, -0.2) is 58.2 Å². The highest BCUT2D eigenvalue weighted by Gasteiger charge is 2.21. The number of hydrazine groups is 1. The van der Waals surface area contributed by atoms with Gasteiger partial charge in [0.05, 0.1) is 25.5 Å². The number of nitrogens with zero attached hydrogens (tertiary/aromatic N) is 4. The predicted molar refractivity (Wildman–Crippen MR) is 110 cm³/mol. The Morgan fingerprint density at radius 3 is 2.50 bits per heavy atom. The Hall–Kier alpha value is -4.22. The highest BCUT2D eigenvalue weighted by atomic mass is 16.5. The smallest absolute Gasteiger partial charge is 0.342 e.